The van der Waals surface area contributed by atoms with Gasteiger partial charge in [0.1, 0.15) is 18.4 Å². The van der Waals surface area contributed by atoms with Crippen LogP contribution in [0, 0.1) is 23.4 Å². The first kappa shape index (κ1) is 35.2. The van der Waals surface area contributed by atoms with Crippen LogP contribution in [0.2, 0.25) is 0 Å². The number of methoxy groups -OCH3 is 2. The van der Waals surface area contributed by atoms with Crippen LogP contribution in [0.25, 0.3) is 10.9 Å². The smallest absolute Gasteiger partial charge is 0.165 e. The molecule has 0 bridgehead atoms. The summed E-state index contributed by atoms with van der Waals surface area (Å²) in [7, 11) is 4.72. The Labute approximate surface area is 263 Å². The van der Waals surface area contributed by atoms with Crippen LogP contribution in [0.4, 0.5) is 18.9 Å². The summed E-state index contributed by atoms with van der Waals surface area (Å²) in [5.41, 5.74) is 3.22. The Kier molecular flexibility index (Phi) is 14.0. The SMILES string of the molecule is C=O.CNc1ccc(Cc2ccnc3cc(OCCCN4CCC(C)CC4)c(OC)cc23)c(F)c1.COc1cc(F)ccc1F. The second-order valence-electron chi connectivity index (χ2n) is 10.7. The zero-order chi connectivity index (χ0) is 32.8. The number of anilines is 1. The number of nitrogens with one attached hydrogen (secondary N) is 1. The Balaban J connectivity index is 0.000000389. The molecule has 0 radical (unpaired) electrons. The molecule has 5 rings (SSSR count). The molecule has 1 saturated heterocycles. The quantitative estimate of drug-likeness (QED) is 0.185. The molecule has 10 heteroatoms. The van der Waals surface area contributed by atoms with E-state index in [-0.39, 0.29) is 11.6 Å². The van der Waals surface area contributed by atoms with Gasteiger partial charge in [0.05, 0.1) is 26.3 Å². The second kappa shape index (κ2) is 17.9. The average Bonchev–Trinajstić information content (AvgIpc) is 3.06. The number of hydrogen-bond donors (Lipinski definition) is 1. The van der Waals surface area contributed by atoms with Gasteiger partial charge in [-0.25, -0.2) is 13.2 Å². The fraction of sp³-hybridized carbons (Fsp3) is 0.371. The molecule has 4 aromatic rings. The molecule has 3 aromatic carbocycles. The molecule has 0 atom stereocenters. The van der Waals surface area contributed by atoms with Gasteiger partial charge in [-0.05, 0) is 85.8 Å². The number of carbonyl (C=O) groups is 1. The van der Waals surface area contributed by atoms with E-state index in [0.717, 1.165) is 59.2 Å². The number of pyridine rings is 1. The molecule has 1 N–H and O–H groups in total. The van der Waals surface area contributed by atoms with Crippen molar-refractivity contribution in [3.8, 4) is 17.2 Å². The number of aromatic nitrogens is 1. The van der Waals surface area contributed by atoms with Gasteiger partial charge in [-0.15, -0.1) is 0 Å². The fourth-order valence-corrected chi connectivity index (χ4v) is 5.08. The molecule has 0 saturated carbocycles. The van der Waals surface area contributed by atoms with E-state index in [0.29, 0.717) is 30.1 Å². The number of rotatable bonds is 10. The Morgan fingerprint density at radius 3 is 2.27 bits per heavy atom. The van der Waals surface area contributed by atoms with Crippen molar-refractivity contribution in [2.75, 3.05) is 52.8 Å². The average molecular weight is 626 g/mol. The molecule has 2 heterocycles. The van der Waals surface area contributed by atoms with Gasteiger partial charge < -0.3 is 29.2 Å². The molecule has 1 aliphatic rings. The predicted molar refractivity (Wildman–Crippen MR) is 172 cm³/mol. The summed E-state index contributed by atoms with van der Waals surface area (Å²) in [6.07, 6.45) is 5.80. The lowest BCUT2D eigenvalue weighted by Crippen LogP contribution is -2.34. The van der Waals surface area contributed by atoms with E-state index in [4.69, 9.17) is 14.3 Å². The van der Waals surface area contributed by atoms with Gasteiger partial charge >= 0.3 is 0 Å². The van der Waals surface area contributed by atoms with Gasteiger partial charge in [-0.2, -0.15) is 0 Å². The van der Waals surface area contributed by atoms with Gasteiger partial charge in [0.2, 0.25) is 0 Å². The summed E-state index contributed by atoms with van der Waals surface area (Å²) in [5.74, 6) is 0.881. The molecular formula is C35H42F3N3O4. The van der Waals surface area contributed by atoms with E-state index in [2.05, 4.69) is 26.9 Å². The third-order valence-electron chi connectivity index (χ3n) is 7.71. The highest BCUT2D eigenvalue weighted by Gasteiger charge is 2.16. The van der Waals surface area contributed by atoms with Crippen LogP contribution in [0.1, 0.15) is 37.3 Å². The molecule has 1 aromatic heterocycles. The highest BCUT2D eigenvalue weighted by molar-refractivity contribution is 5.86. The largest absolute Gasteiger partial charge is 0.494 e. The molecule has 0 amide bonds. The maximum absolute atomic E-state index is 14.6. The van der Waals surface area contributed by atoms with Gasteiger partial charge in [-0.3, -0.25) is 4.98 Å². The van der Waals surface area contributed by atoms with Crippen LogP contribution < -0.4 is 19.5 Å². The number of carbonyl (C=O) groups excluding carboxylic acids is 1. The van der Waals surface area contributed by atoms with Crippen molar-refractivity contribution >= 4 is 23.4 Å². The molecule has 7 nitrogen and oxygen atoms in total. The lowest BCUT2D eigenvalue weighted by atomic mass is 9.99. The van der Waals surface area contributed by atoms with E-state index in [1.165, 1.54) is 39.1 Å². The molecule has 0 aliphatic carbocycles. The minimum Gasteiger partial charge on any atom is -0.494 e. The van der Waals surface area contributed by atoms with Crippen molar-refractivity contribution in [2.24, 2.45) is 5.92 Å². The molecule has 242 valence electrons. The van der Waals surface area contributed by atoms with Gasteiger partial charge in [-0.1, -0.05) is 13.0 Å². The van der Waals surface area contributed by atoms with Crippen LogP contribution in [0.3, 0.4) is 0 Å². The normalized spacial score (nSPS) is 13.2. The zero-order valence-corrected chi connectivity index (χ0v) is 26.4. The second-order valence-corrected chi connectivity index (χ2v) is 10.7. The van der Waals surface area contributed by atoms with Crippen LogP contribution in [0.15, 0.2) is 60.8 Å². The molecular weight excluding hydrogens is 583 g/mol. The first-order valence-electron chi connectivity index (χ1n) is 14.9. The van der Waals surface area contributed by atoms with Gasteiger partial charge in [0.15, 0.2) is 23.1 Å². The first-order valence-corrected chi connectivity index (χ1v) is 14.9. The number of benzene rings is 3. The first-order chi connectivity index (χ1) is 21.8. The number of ether oxygens (including phenoxy) is 3. The third kappa shape index (κ3) is 10.1. The molecule has 1 aliphatic heterocycles. The number of hydrogen-bond acceptors (Lipinski definition) is 7. The maximum Gasteiger partial charge on any atom is 0.165 e. The lowest BCUT2D eigenvalue weighted by molar-refractivity contribution is -0.0980. The maximum atomic E-state index is 14.6. The highest BCUT2D eigenvalue weighted by atomic mass is 19.1. The minimum atomic E-state index is -0.552. The Morgan fingerprint density at radius 1 is 0.889 bits per heavy atom. The molecule has 0 spiro atoms. The van der Waals surface area contributed by atoms with E-state index >= 15 is 0 Å². The number of nitrogens with zero attached hydrogens (tertiary/aromatic N) is 2. The number of halogens is 3. The Hall–Kier alpha value is -4.31. The summed E-state index contributed by atoms with van der Waals surface area (Å²) in [5, 5.41) is 3.91. The van der Waals surface area contributed by atoms with Crippen molar-refractivity contribution in [1.82, 2.24) is 9.88 Å². The number of fused-ring (bicyclic) bond motifs is 1. The highest BCUT2D eigenvalue weighted by Crippen LogP contribution is 2.34. The van der Waals surface area contributed by atoms with Crippen LogP contribution in [-0.2, 0) is 11.2 Å². The summed E-state index contributed by atoms with van der Waals surface area (Å²) in [6.45, 7) is 8.40. The lowest BCUT2D eigenvalue weighted by Gasteiger charge is -2.30. The Morgan fingerprint density at radius 2 is 1.62 bits per heavy atom. The zero-order valence-electron chi connectivity index (χ0n) is 26.4. The summed E-state index contributed by atoms with van der Waals surface area (Å²) < 4.78 is 55.6. The van der Waals surface area contributed by atoms with Crippen molar-refractivity contribution in [2.45, 2.75) is 32.6 Å². The van der Waals surface area contributed by atoms with Crippen LogP contribution in [-0.4, -0.2) is 64.2 Å². The Bertz CT molecular complexity index is 1510. The van der Waals surface area contributed by atoms with Crippen LogP contribution >= 0.6 is 0 Å². The minimum absolute atomic E-state index is 0.0694. The van der Waals surface area contributed by atoms with Crippen molar-refractivity contribution < 1.29 is 32.2 Å². The van der Waals surface area contributed by atoms with E-state index in [1.54, 1.807) is 20.4 Å². The van der Waals surface area contributed by atoms with Gasteiger partial charge in [0.25, 0.3) is 0 Å². The molecule has 0 unspecified atom stereocenters. The monoisotopic (exact) mass is 625 g/mol. The van der Waals surface area contributed by atoms with E-state index < -0.39 is 11.6 Å². The summed E-state index contributed by atoms with van der Waals surface area (Å²) in [6, 6.07) is 14.1. The van der Waals surface area contributed by atoms with Crippen molar-refractivity contribution in [1.29, 1.82) is 0 Å². The topological polar surface area (TPSA) is 72.9 Å². The molecule has 1 fully saturated rings. The third-order valence-corrected chi connectivity index (χ3v) is 7.71. The molecule has 45 heavy (non-hydrogen) atoms. The van der Waals surface area contributed by atoms with Crippen LogP contribution in [0.5, 0.6) is 17.2 Å². The van der Waals surface area contributed by atoms with E-state index in [9.17, 15) is 13.2 Å². The van der Waals surface area contributed by atoms with Crippen molar-refractivity contribution in [3.63, 3.8) is 0 Å². The van der Waals surface area contributed by atoms with E-state index in [1.807, 2.05) is 37.1 Å². The predicted octanol–water partition coefficient (Wildman–Crippen LogP) is 7.30. The summed E-state index contributed by atoms with van der Waals surface area (Å²) >= 11 is 0. The van der Waals surface area contributed by atoms with Gasteiger partial charge in [0, 0.05) is 49.4 Å². The summed E-state index contributed by atoms with van der Waals surface area (Å²) in [4.78, 5) is 15.1. The van der Waals surface area contributed by atoms with Crippen molar-refractivity contribution in [3.05, 3.63) is 89.4 Å². The number of piperidine rings is 1. The fourth-order valence-electron chi connectivity index (χ4n) is 5.08. The number of likely N-dealkylation sites (tertiary alicyclic amines) is 1. The standard InChI is InChI=1S/C27H34FN3O2.C7H6F2O.CH2O/c1-19-8-12-31(13-9-19)11-4-14-33-27-18-25-23(17-26(27)32-3)20(7-10-30-25)15-21-5-6-22(29-2)16-24(21)28;1-10-7-4-5(8)2-3-6(7)9;1-2/h5-7,10,16-19,29H,4,8-9,11-15H2,1-3H3;2-4H,1H3;1H2.